The third kappa shape index (κ3) is 6.83. The van der Waals surface area contributed by atoms with Crippen LogP contribution in [0.1, 0.15) is 51.1 Å². The van der Waals surface area contributed by atoms with Crippen LogP contribution in [0.2, 0.25) is 0 Å². The average molecular weight is 476 g/mol. The molecule has 0 aliphatic heterocycles. The zero-order chi connectivity index (χ0) is 24.8. The maximum Gasteiger partial charge on any atom is 0.408 e. The Labute approximate surface area is 194 Å². The van der Waals surface area contributed by atoms with Crippen molar-refractivity contribution >= 4 is 22.1 Å². The zero-order valence-electron chi connectivity index (χ0n) is 19.6. The predicted octanol–water partition coefficient (Wildman–Crippen LogP) is 2.80. The highest BCUT2D eigenvalue weighted by atomic mass is 32.2. The van der Waals surface area contributed by atoms with Gasteiger partial charge in [-0.15, -0.1) is 0 Å². The van der Waals surface area contributed by atoms with Gasteiger partial charge in [0, 0.05) is 6.42 Å². The van der Waals surface area contributed by atoms with Gasteiger partial charge in [-0.2, -0.15) is 0 Å². The standard InChI is InChI=1S/C23H29N3O6S/c1-7-20-18(24-15-26(20)33(29,30)17-13-11-16(2)12-14-17)9-8-10-19(21(27)31-6)25-22(28)32-23(3,4)5/h11-15,19H,7,10H2,1-6H3,(H,25,28)/t19-/m0/s1. The van der Waals surface area contributed by atoms with Gasteiger partial charge >= 0.3 is 12.1 Å². The fourth-order valence-corrected chi connectivity index (χ4v) is 4.22. The van der Waals surface area contributed by atoms with Crippen LogP contribution in [0.4, 0.5) is 4.79 Å². The van der Waals surface area contributed by atoms with E-state index >= 15 is 0 Å². The number of benzene rings is 1. The highest BCUT2D eigenvalue weighted by Gasteiger charge is 2.25. The molecular weight excluding hydrogens is 446 g/mol. The number of methoxy groups -OCH3 is 1. The molecule has 0 aliphatic carbocycles. The smallest absolute Gasteiger partial charge is 0.408 e. The number of alkyl carbamates (subject to hydrolysis) is 1. The Bertz CT molecular complexity index is 1170. The van der Waals surface area contributed by atoms with Crippen molar-refractivity contribution in [3.8, 4) is 11.8 Å². The van der Waals surface area contributed by atoms with Crippen molar-refractivity contribution in [1.82, 2.24) is 14.3 Å². The van der Waals surface area contributed by atoms with E-state index in [9.17, 15) is 18.0 Å². The lowest BCUT2D eigenvalue weighted by atomic mass is 10.2. The normalized spacial score (nSPS) is 12.3. The largest absolute Gasteiger partial charge is 0.467 e. The minimum Gasteiger partial charge on any atom is -0.467 e. The topological polar surface area (TPSA) is 117 Å². The minimum absolute atomic E-state index is 0.0767. The second-order valence-electron chi connectivity index (χ2n) is 8.24. The first-order valence-corrected chi connectivity index (χ1v) is 11.8. The molecule has 178 valence electrons. The number of amides is 1. The molecule has 0 unspecified atom stereocenters. The molecule has 0 saturated carbocycles. The summed E-state index contributed by atoms with van der Waals surface area (Å²) in [7, 11) is -2.63. The van der Waals surface area contributed by atoms with Crippen LogP contribution in [0.15, 0.2) is 35.5 Å². The van der Waals surface area contributed by atoms with E-state index in [0.717, 1.165) is 9.54 Å². The number of carbonyl (C=O) groups is 2. The number of carbonyl (C=O) groups excluding carboxylic acids is 2. The SMILES string of the molecule is CCc1c(C#CC[C@H](NC(=O)OC(C)(C)C)C(=O)OC)ncn1S(=O)(=O)c1ccc(C)cc1. The number of hydrogen-bond donors (Lipinski definition) is 1. The second-order valence-corrected chi connectivity index (χ2v) is 10.1. The molecule has 2 rings (SSSR count). The van der Waals surface area contributed by atoms with Crippen LogP contribution in [0.25, 0.3) is 0 Å². The fourth-order valence-electron chi connectivity index (χ4n) is 2.84. The van der Waals surface area contributed by atoms with Crippen molar-refractivity contribution < 1.29 is 27.5 Å². The van der Waals surface area contributed by atoms with Crippen LogP contribution in [-0.4, -0.2) is 48.2 Å². The van der Waals surface area contributed by atoms with Crippen LogP contribution in [0.5, 0.6) is 0 Å². The predicted molar refractivity (Wildman–Crippen MR) is 122 cm³/mol. The number of esters is 1. The molecule has 1 amide bonds. The highest BCUT2D eigenvalue weighted by Crippen LogP contribution is 2.19. The van der Waals surface area contributed by atoms with Crippen molar-refractivity contribution in [2.24, 2.45) is 0 Å². The van der Waals surface area contributed by atoms with E-state index < -0.39 is 33.7 Å². The molecule has 0 fully saturated rings. The highest BCUT2D eigenvalue weighted by molar-refractivity contribution is 7.90. The third-order valence-electron chi connectivity index (χ3n) is 4.43. The summed E-state index contributed by atoms with van der Waals surface area (Å²) in [6.45, 7) is 8.77. The number of nitrogens with zero attached hydrogens (tertiary/aromatic N) is 2. The number of imidazole rings is 1. The summed E-state index contributed by atoms with van der Waals surface area (Å²) in [6, 6.07) is 5.47. The monoisotopic (exact) mass is 475 g/mol. The van der Waals surface area contributed by atoms with Crippen molar-refractivity contribution in [2.75, 3.05) is 7.11 Å². The van der Waals surface area contributed by atoms with Gasteiger partial charge in [0.05, 0.1) is 17.7 Å². The lowest BCUT2D eigenvalue weighted by Crippen LogP contribution is -2.43. The Balaban J connectivity index is 2.26. The molecule has 2 aromatic rings. The van der Waals surface area contributed by atoms with Gasteiger partial charge in [0.15, 0.2) is 0 Å². The number of ether oxygens (including phenoxy) is 2. The number of nitrogens with one attached hydrogen (secondary N) is 1. The number of aromatic nitrogens is 2. The number of hydrogen-bond acceptors (Lipinski definition) is 7. The summed E-state index contributed by atoms with van der Waals surface area (Å²) in [5.74, 6) is 4.90. The molecule has 9 nitrogen and oxygen atoms in total. The Morgan fingerprint density at radius 2 is 1.85 bits per heavy atom. The molecule has 0 spiro atoms. The van der Waals surface area contributed by atoms with Crippen LogP contribution in [-0.2, 0) is 30.7 Å². The zero-order valence-corrected chi connectivity index (χ0v) is 20.4. The molecule has 1 N–H and O–H groups in total. The summed E-state index contributed by atoms with van der Waals surface area (Å²) >= 11 is 0. The lowest BCUT2D eigenvalue weighted by molar-refractivity contribution is -0.143. The molecule has 1 aromatic carbocycles. The van der Waals surface area contributed by atoms with Crippen molar-refractivity contribution in [3.63, 3.8) is 0 Å². The maximum atomic E-state index is 13.0. The Morgan fingerprint density at radius 1 is 1.21 bits per heavy atom. The molecule has 1 aromatic heterocycles. The molecule has 0 aliphatic rings. The average Bonchev–Trinajstić information content (AvgIpc) is 3.15. The first-order valence-electron chi connectivity index (χ1n) is 10.3. The molecule has 0 saturated heterocycles. The first kappa shape index (κ1) is 25.9. The molecular formula is C23H29N3O6S. The van der Waals surface area contributed by atoms with Gasteiger partial charge < -0.3 is 14.8 Å². The van der Waals surface area contributed by atoms with Gasteiger partial charge in [0.25, 0.3) is 10.0 Å². The van der Waals surface area contributed by atoms with Crippen molar-refractivity contribution in [3.05, 3.63) is 47.5 Å². The van der Waals surface area contributed by atoms with Gasteiger partial charge in [-0.3, -0.25) is 0 Å². The molecule has 0 bridgehead atoms. The van der Waals surface area contributed by atoms with Crippen LogP contribution >= 0.6 is 0 Å². The first-order chi connectivity index (χ1) is 15.4. The van der Waals surface area contributed by atoms with Gasteiger partial charge in [0.2, 0.25) is 0 Å². The summed E-state index contributed by atoms with van der Waals surface area (Å²) in [4.78, 5) is 28.4. The maximum absolute atomic E-state index is 13.0. The lowest BCUT2D eigenvalue weighted by Gasteiger charge is -2.21. The Hall–Kier alpha value is -3.32. The third-order valence-corrected chi connectivity index (χ3v) is 6.13. The van der Waals surface area contributed by atoms with E-state index in [1.807, 2.05) is 6.92 Å². The van der Waals surface area contributed by atoms with Gasteiger partial charge in [-0.25, -0.2) is 27.0 Å². The molecule has 1 heterocycles. The number of aryl methyl sites for hydroxylation is 1. The van der Waals surface area contributed by atoms with E-state index in [2.05, 4.69) is 22.1 Å². The Kier molecular flexibility index (Phi) is 8.28. The van der Waals surface area contributed by atoms with Gasteiger partial charge in [-0.05, 0) is 52.2 Å². The van der Waals surface area contributed by atoms with E-state index in [1.165, 1.54) is 13.4 Å². The summed E-state index contributed by atoms with van der Waals surface area (Å²) in [5, 5.41) is 2.43. The molecule has 1 atom stereocenters. The second kappa shape index (κ2) is 10.5. The number of rotatable bonds is 6. The quantitative estimate of drug-likeness (QED) is 0.504. The molecule has 10 heteroatoms. The van der Waals surface area contributed by atoms with E-state index in [-0.39, 0.29) is 17.0 Å². The fraction of sp³-hybridized carbons (Fsp3) is 0.435. The van der Waals surface area contributed by atoms with Crippen LogP contribution < -0.4 is 5.32 Å². The van der Waals surface area contributed by atoms with Crippen molar-refractivity contribution in [1.29, 1.82) is 0 Å². The van der Waals surface area contributed by atoms with E-state index in [4.69, 9.17) is 9.47 Å². The summed E-state index contributed by atoms with van der Waals surface area (Å²) < 4.78 is 37.1. The summed E-state index contributed by atoms with van der Waals surface area (Å²) in [6.07, 6.45) is 0.732. The summed E-state index contributed by atoms with van der Waals surface area (Å²) in [5.41, 5.74) is 0.899. The van der Waals surface area contributed by atoms with E-state index in [0.29, 0.717) is 12.1 Å². The van der Waals surface area contributed by atoms with Gasteiger partial charge in [-0.1, -0.05) is 30.5 Å². The van der Waals surface area contributed by atoms with E-state index in [1.54, 1.807) is 52.0 Å². The van der Waals surface area contributed by atoms with Gasteiger partial charge in [0.1, 0.15) is 23.7 Å². The van der Waals surface area contributed by atoms with Crippen LogP contribution in [0.3, 0.4) is 0 Å². The van der Waals surface area contributed by atoms with Crippen LogP contribution in [0, 0.1) is 18.8 Å². The minimum atomic E-state index is -3.83. The molecule has 0 radical (unpaired) electrons. The Morgan fingerprint density at radius 3 is 2.39 bits per heavy atom. The molecule has 33 heavy (non-hydrogen) atoms. The van der Waals surface area contributed by atoms with Crippen molar-refractivity contribution in [2.45, 2.75) is 64.0 Å².